The minimum absolute atomic E-state index is 0.338. The maximum absolute atomic E-state index is 5.68. The van der Waals surface area contributed by atoms with Crippen LogP contribution in [0.2, 0.25) is 0 Å². The topological polar surface area (TPSA) is 9.23 Å². The molecule has 0 amide bonds. The molecule has 0 atom stereocenters. The Hall–Kier alpha value is -0.0400. The van der Waals surface area contributed by atoms with Gasteiger partial charge in [0.15, 0.2) is 0 Å². The van der Waals surface area contributed by atoms with E-state index in [0.717, 1.165) is 18.4 Å². The van der Waals surface area contributed by atoms with Crippen molar-refractivity contribution >= 4 is 0 Å². The normalized spacial score (nSPS) is 39.5. The molecule has 2 bridgehead atoms. The quantitative estimate of drug-likeness (QED) is 0.567. The van der Waals surface area contributed by atoms with E-state index in [4.69, 9.17) is 4.74 Å². The van der Waals surface area contributed by atoms with Gasteiger partial charge in [0, 0.05) is 0 Å². The number of fused-ring (bicyclic) bond motifs is 1. The first-order valence-electron chi connectivity index (χ1n) is 4.87. The molecule has 2 saturated heterocycles. The van der Waals surface area contributed by atoms with Gasteiger partial charge < -0.3 is 4.74 Å². The molecule has 1 nitrogen and oxygen atoms in total. The van der Waals surface area contributed by atoms with Crippen molar-refractivity contribution in [3.63, 3.8) is 0 Å². The SMILES string of the molecule is CC.CC(C)C12CC(CO1)C2. The second-order valence-corrected chi connectivity index (χ2v) is 3.80. The van der Waals surface area contributed by atoms with Gasteiger partial charge in [0.25, 0.3) is 0 Å². The Morgan fingerprint density at radius 3 is 2.00 bits per heavy atom. The summed E-state index contributed by atoms with van der Waals surface area (Å²) in [4.78, 5) is 0. The third-order valence-electron chi connectivity index (χ3n) is 2.93. The van der Waals surface area contributed by atoms with Crippen LogP contribution in [0.25, 0.3) is 0 Å². The molecule has 1 saturated carbocycles. The van der Waals surface area contributed by atoms with Crippen molar-refractivity contribution in [2.45, 2.75) is 46.1 Å². The summed E-state index contributed by atoms with van der Waals surface area (Å²) >= 11 is 0. The lowest BCUT2D eigenvalue weighted by Gasteiger charge is -2.39. The van der Waals surface area contributed by atoms with E-state index >= 15 is 0 Å². The van der Waals surface area contributed by atoms with E-state index in [-0.39, 0.29) is 0 Å². The maximum Gasteiger partial charge on any atom is 0.0712 e. The molecule has 0 aromatic heterocycles. The lowest BCUT2D eigenvalue weighted by Crippen LogP contribution is -2.41. The second kappa shape index (κ2) is 3.14. The maximum atomic E-state index is 5.68. The summed E-state index contributed by atoms with van der Waals surface area (Å²) in [5, 5.41) is 0. The van der Waals surface area contributed by atoms with Crippen LogP contribution in [0.1, 0.15) is 40.5 Å². The van der Waals surface area contributed by atoms with E-state index in [1.54, 1.807) is 0 Å². The van der Waals surface area contributed by atoms with Crippen molar-refractivity contribution in [2.75, 3.05) is 6.61 Å². The molecule has 0 N–H and O–H groups in total. The molecule has 66 valence electrons. The number of hydrogen-bond acceptors (Lipinski definition) is 1. The van der Waals surface area contributed by atoms with Gasteiger partial charge in [-0.05, 0) is 24.7 Å². The van der Waals surface area contributed by atoms with E-state index in [1.807, 2.05) is 13.8 Å². The van der Waals surface area contributed by atoms with Gasteiger partial charge >= 0.3 is 0 Å². The summed E-state index contributed by atoms with van der Waals surface area (Å²) in [6, 6.07) is 0. The van der Waals surface area contributed by atoms with E-state index in [9.17, 15) is 0 Å². The molecule has 0 aromatic rings. The van der Waals surface area contributed by atoms with E-state index in [0.29, 0.717) is 5.60 Å². The first-order valence-corrected chi connectivity index (χ1v) is 4.87. The highest BCUT2D eigenvalue weighted by Crippen LogP contribution is 2.52. The highest BCUT2D eigenvalue weighted by Gasteiger charge is 2.53. The zero-order valence-corrected chi connectivity index (χ0v) is 8.18. The van der Waals surface area contributed by atoms with Crippen LogP contribution in [0.5, 0.6) is 0 Å². The van der Waals surface area contributed by atoms with Crippen LogP contribution in [-0.2, 0) is 4.74 Å². The average Bonchev–Trinajstić information content (AvgIpc) is 2.46. The van der Waals surface area contributed by atoms with Crippen LogP contribution in [-0.4, -0.2) is 12.2 Å². The predicted molar refractivity (Wildman–Crippen MR) is 47.6 cm³/mol. The van der Waals surface area contributed by atoms with Crippen LogP contribution in [0, 0.1) is 11.8 Å². The summed E-state index contributed by atoms with van der Waals surface area (Å²) in [5.41, 5.74) is 0.338. The highest BCUT2D eigenvalue weighted by molar-refractivity contribution is 5.03. The molecule has 0 spiro atoms. The number of hydrogen-bond donors (Lipinski definition) is 0. The Labute approximate surface area is 70.1 Å². The predicted octanol–water partition coefficient (Wildman–Crippen LogP) is 2.85. The van der Waals surface area contributed by atoms with Gasteiger partial charge in [-0.25, -0.2) is 0 Å². The van der Waals surface area contributed by atoms with Crippen molar-refractivity contribution in [2.24, 2.45) is 11.8 Å². The van der Waals surface area contributed by atoms with Crippen LogP contribution >= 0.6 is 0 Å². The molecule has 0 radical (unpaired) electrons. The van der Waals surface area contributed by atoms with Gasteiger partial charge in [0.1, 0.15) is 0 Å². The Balaban J connectivity index is 0.000000281. The van der Waals surface area contributed by atoms with Crippen molar-refractivity contribution in [1.82, 2.24) is 0 Å². The summed E-state index contributed by atoms with van der Waals surface area (Å²) in [6.07, 6.45) is 2.68. The van der Waals surface area contributed by atoms with Crippen molar-refractivity contribution < 1.29 is 4.74 Å². The lowest BCUT2D eigenvalue weighted by atomic mass is 9.69. The molecule has 1 aliphatic carbocycles. The van der Waals surface area contributed by atoms with Crippen molar-refractivity contribution in [1.29, 1.82) is 0 Å². The van der Waals surface area contributed by atoms with Gasteiger partial charge in [-0.15, -0.1) is 0 Å². The van der Waals surface area contributed by atoms with Crippen LogP contribution in [0.15, 0.2) is 0 Å². The number of rotatable bonds is 1. The fourth-order valence-electron chi connectivity index (χ4n) is 2.08. The molecule has 0 unspecified atom stereocenters. The van der Waals surface area contributed by atoms with Crippen molar-refractivity contribution in [3.8, 4) is 0 Å². The third kappa shape index (κ3) is 1.31. The van der Waals surface area contributed by atoms with E-state index in [2.05, 4.69) is 13.8 Å². The van der Waals surface area contributed by atoms with Crippen molar-refractivity contribution in [3.05, 3.63) is 0 Å². The summed E-state index contributed by atoms with van der Waals surface area (Å²) in [6.45, 7) is 9.57. The van der Waals surface area contributed by atoms with Gasteiger partial charge in [-0.3, -0.25) is 0 Å². The molecule has 1 heteroatoms. The first kappa shape index (κ1) is 9.05. The van der Waals surface area contributed by atoms with Crippen LogP contribution in [0.4, 0.5) is 0 Å². The second-order valence-electron chi connectivity index (χ2n) is 3.80. The largest absolute Gasteiger partial charge is 0.374 e. The smallest absolute Gasteiger partial charge is 0.0712 e. The zero-order valence-electron chi connectivity index (χ0n) is 8.18. The Kier molecular flexibility index (Phi) is 2.58. The summed E-state index contributed by atoms with van der Waals surface area (Å²) in [7, 11) is 0. The fraction of sp³-hybridized carbons (Fsp3) is 1.00. The van der Waals surface area contributed by atoms with Gasteiger partial charge in [0.2, 0.25) is 0 Å². The Bertz CT molecular complexity index is 117. The summed E-state index contributed by atoms with van der Waals surface area (Å²) < 4.78 is 5.68. The molecule has 3 rings (SSSR count). The van der Waals surface area contributed by atoms with E-state index in [1.165, 1.54) is 12.8 Å². The monoisotopic (exact) mass is 156 g/mol. The van der Waals surface area contributed by atoms with E-state index < -0.39 is 0 Å². The zero-order chi connectivity index (χ0) is 8.48. The molecular formula is C10H20O. The Morgan fingerprint density at radius 2 is 1.82 bits per heavy atom. The molecular weight excluding hydrogens is 136 g/mol. The third-order valence-corrected chi connectivity index (χ3v) is 2.93. The molecule has 11 heavy (non-hydrogen) atoms. The molecule has 3 aliphatic rings. The summed E-state index contributed by atoms with van der Waals surface area (Å²) in [5.74, 6) is 1.66. The lowest BCUT2D eigenvalue weighted by molar-refractivity contribution is -0.0389. The molecule has 0 aromatic carbocycles. The Morgan fingerprint density at radius 1 is 1.27 bits per heavy atom. The molecule has 2 heterocycles. The van der Waals surface area contributed by atoms with Crippen LogP contribution < -0.4 is 0 Å². The molecule has 2 aliphatic heterocycles. The van der Waals surface area contributed by atoms with Gasteiger partial charge in [-0.2, -0.15) is 0 Å². The van der Waals surface area contributed by atoms with Gasteiger partial charge in [0.05, 0.1) is 12.2 Å². The first-order chi connectivity index (χ1) is 5.23. The average molecular weight is 156 g/mol. The number of ether oxygens (including phenoxy) is 1. The minimum atomic E-state index is 0.338. The van der Waals surface area contributed by atoms with Gasteiger partial charge in [-0.1, -0.05) is 27.7 Å². The minimum Gasteiger partial charge on any atom is -0.374 e. The van der Waals surface area contributed by atoms with Crippen LogP contribution in [0.3, 0.4) is 0 Å². The standard InChI is InChI=1S/C8H14O.C2H6/c1-6(2)8-3-7(4-8)5-9-8;1-2/h6-7H,3-5H2,1-2H3;1-2H3. The fourth-order valence-corrected chi connectivity index (χ4v) is 2.08. The highest BCUT2D eigenvalue weighted by atomic mass is 16.5. The molecule has 3 fully saturated rings.